The van der Waals surface area contributed by atoms with Gasteiger partial charge in [0, 0.05) is 46.6 Å². The van der Waals surface area contributed by atoms with Crippen molar-refractivity contribution in [3.8, 4) is 0 Å². The zero-order valence-electron chi connectivity index (χ0n) is 15.8. The summed E-state index contributed by atoms with van der Waals surface area (Å²) in [7, 11) is 0. The Bertz CT molecular complexity index is 1010. The van der Waals surface area contributed by atoms with Crippen molar-refractivity contribution in [3.63, 3.8) is 0 Å². The lowest BCUT2D eigenvalue weighted by molar-refractivity contribution is 0.0694. The lowest BCUT2D eigenvalue weighted by Gasteiger charge is -2.11. The molecule has 6 heteroatoms. The van der Waals surface area contributed by atoms with Crippen molar-refractivity contribution in [2.24, 2.45) is 0 Å². The van der Waals surface area contributed by atoms with Gasteiger partial charge in [-0.25, -0.2) is 4.79 Å². The fraction of sp³-hybridized carbons (Fsp3) is 0.227. The average molecular weight is 417 g/mol. The molecule has 1 aromatic heterocycles. The van der Waals surface area contributed by atoms with Gasteiger partial charge in [-0.2, -0.15) is 0 Å². The van der Waals surface area contributed by atoms with Crippen molar-refractivity contribution < 1.29 is 9.90 Å². The van der Waals surface area contributed by atoms with Gasteiger partial charge >= 0.3 is 5.97 Å². The molecule has 1 heterocycles. The van der Waals surface area contributed by atoms with E-state index in [0.717, 1.165) is 28.1 Å². The molecule has 2 N–H and O–H groups in total. The Hall–Kier alpha value is -2.27. The molecule has 2 aromatic carbocycles. The molecule has 0 unspecified atom stereocenters. The van der Waals surface area contributed by atoms with Crippen LogP contribution in [-0.2, 0) is 19.6 Å². The Morgan fingerprint density at radius 1 is 0.964 bits per heavy atom. The Kier molecular flexibility index (Phi) is 6.45. The highest BCUT2D eigenvalue weighted by Gasteiger charge is 2.22. The van der Waals surface area contributed by atoms with Gasteiger partial charge in [-0.1, -0.05) is 47.5 Å². The second kappa shape index (κ2) is 8.82. The Labute approximate surface area is 174 Å². The summed E-state index contributed by atoms with van der Waals surface area (Å²) in [4.78, 5) is 11.9. The molecule has 146 valence electrons. The molecule has 0 atom stereocenters. The molecule has 0 spiro atoms. The SMILES string of the molecule is Cc1c(CNCc2cccc(Cl)c2)c(C(=O)O)c(C)n1Cc1cccc(Cl)c1. The number of rotatable bonds is 7. The van der Waals surface area contributed by atoms with Crippen molar-refractivity contribution in [1.29, 1.82) is 0 Å². The number of nitrogens with zero attached hydrogens (tertiary/aromatic N) is 1. The fourth-order valence-corrected chi connectivity index (χ4v) is 3.91. The van der Waals surface area contributed by atoms with E-state index in [9.17, 15) is 9.90 Å². The molecule has 4 nitrogen and oxygen atoms in total. The largest absolute Gasteiger partial charge is 0.478 e. The predicted octanol–water partition coefficient (Wildman–Crippen LogP) is 5.45. The Balaban J connectivity index is 1.84. The quantitative estimate of drug-likeness (QED) is 0.538. The van der Waals surface area contributed by atoms with Crippen LogP contribution in [0.3, 0.4) is 0 Å². The number of aromatic carboxylic acids is 1. The van der Waals surface area contributed by atoms with Gasteiger partial charge in [0.2, 0.25) is 0 Å². The zero-order valence-corrected chi connectivity index (χ0v) is 17.3. The molecule has 0 aliphatic rings. The van der Waals surface area contributed by atoms with Gasteiger partial charge in [0.15, 0.2) is 0 Å². The summed E-state index contributed by atoms with van der Waals surface area (Å²) < 4.78 is 2.03. The molecule has 0 radical (unpaired) electrons. The Morgan fingerprint density at radius 2 is 1.57 bits per heavy atom. The number of aromatic nitrogens is 1. The standard InChI is InChI=1S/C22H22Cl2N2O2/c1-14-20(12-25-11-16-5-3-7-18(23)9-16)21(22(27)28)15(2)26(14)13-17-6-4-8-19(24)10-17/h3-10,25H,11-13H2,1-2H3,(H,27,28). The van der Waals surface area contributed by atoms with Crippen LogP contribution >= 0.6 is 23.2 Å². The van der Waals surface area contributed by atoms with Gasteiger partial charge in [0.05, 0.1) is 5.56 Å². The molecule has 0 aliphatic heterocycles. The third-order valence-electron chi connectivity index (χ3n) is 4.87. The maximum atomic E-state index is 11.9. The smallest absolute Gasteiger partial charge is 0.337 e. The first-order valence-electron chi connectivity index (χ1n) is 8.98. The number of halogens is 2. The van der Waals surface area contributed by atoms with Crippen molar-refractivity contribution in [3.05, 3.63) is 92.2 Å². The first-order chi connectivity index (χ1) is 13.4. The monoisotopic (exact) mass is 416 g/mol. The minimum absolute atomic E-state index is 0.359. The summed E-state index contributed by atoms with van der Waals surface area (Å²) in [6, 6.07) is 15.2. The van der Waals surface area contributed by atoms with Crippen LogP contribution in [-0.4, -0.2) is 15.6 Å². The van der Waals surface area contributed by atoms with E-state index in [1.807, 2.05) is 66.9 Å². The minimum atomic E-state index is -0.912. The van der Waals surface area contributed by atoms with Gasteiger partial charge in [-0.05, 0) is 49.2 Å². The van der Waals surface area contributed by atoms with Crippen LogP contribution in [0.5, 0.6) is 0 Å². The van der Waals surface area contributed by atoms with Crippen molar-refractivity contribution in [1.82, 2.24) is 9.88 Å². The van der Waals surface area contributed by atoms with E-state index in [-0.39, 0.29) is 0 Å². The van der Waals surface area contributed by atoms with Crippen LogP contribution in [0.2, 0.25) is 10.0 Å². The maximum absolute atomic E-state index is 11.9. The van der Waals surface area contributed by atoms with E-state index in [4.69, 9.17) is 23.2 Å². The first kappa shape index (κ1) is 20.5. The summed E-state index contributed by atoms with van der Waals surface area (Å²) in [6.07, 6.45) is 0. The summed E-state index contributed by atoms with van der Waals surface area (Å²) in [5, 5.41) is 14.5. The third kappa shape index (κ3) is 4.58. The van der Waals surface area contributed by atoms with Crippen LogP contribution in [0.15, 0.2) is 48.5 Å². The molecule has 28 heavy (non-hydrogen) atoms. The lowest BCUT2D eigenvalue weighted by Crippen LogP contribution is -2.15. The van der Waals surface area contributed by atoms with E-state index in [1.54, 1.807) is 0 Å². The summed E-state index contributed by atoms with van der Waals surface area (Å²) in [6.45, 7) is 5.45. The highest BCUT2D eigenvalue weighted by Crippen LogP contribution is 2.25. The second-order valence-corrected chi connectivity index (χ2v) is 7.65. The highest BCUT2D eigenvalue weighted by molar-refractivity contribution is 6.30. The normalized spacial score (nSPS) is 11.0. The summed E-state index contributed by atoms with van der Waals surface area (Å²) in [5.74, 6) is -0.912. The molecule has 0 saturated carbocycles. The summed E-state index contributed by atoms with van der Waals surface area (Å²) in [5.41, 5.74) is 4.92. The topological polar surface area (TPSA) is 54.3 Å². The molecular formula is C22H22Cl2N2O2. The summed E-state index contributed by atoms with van der Waals surface area (Å²) >= 11 is 12.1. The van der Waals surface area contributed by atoms with E-state index in [0.29, 0.717) is 35.2 Å². The van der Waals surface area contributed by atoms with Crippen LogP contribution in [0.1, 0.15) is 38.4 Å². The number of carboxylic acids is 1. The number of carboxylic acid groups (broad SMARTS) is 1. The average Bonchev–Trinajstić information content (AvgIpc) is 2.86. The van der Waals surface area contributed by atoms with Crippen molar-refractivity contribution in [2.45, 2.75) is 33.5 Å². The third-order valence-corrected chi connectivity index (χ3v) is 5.34. The van der Waals surface area contributed by atoms with E-state index >= 15 is 0 Å². The number of benzene rings is 2. The van der Waals surface area contributed by atoms with Gasteiger partial charge < -0.3 is 15.0 Å². The fourth-order valence-electron chi connectivity index (χ4n) is 3.48. The number of nitrogens with one attached hydrogen (secondary N) is 1. The maximum Gasteiger partial charge on any atom is 0.337 e. The highest BCUT2D eigenvalue weighted by atomic mass is 35.5. The molecule has 0 aliphatic carbocycles. The number of hydrogen-bond donors (Lipinski definition) is 2. The van der Waals surface area contributed by atoms with Crippen molar-refractivity contribution in [2.75, 3.05) is 0 Å². The molecule has 0 fully saturated rings. The molecule has 3 aromatic rings. The van der Waals surface area contributed by atoms with Gasteiger partial charge in [-0.15, -0.1) is 0 Å². The Morgan fingerprint density at radius 3 is 2.18 bits per heavy atom. The minimum Gasteiger partial charge on any atom is -0.478 e. The van der Waals surface area contributed by atoms with Crippen LogP contribution in [0, 0.1) is 13.8 Å². The van der Waals surface area contributed by atoms with Gasteiger partial charge in [0.1, 0.15) is 0 Å². The number of carbonyl (C=O) groups is 1. The number of hydrogen-bond acceptors (Lipinski definition) is 2. The first-order valence-corrected chi connectivity index (χ1v) is 9.74. The van der Waals surface area contributed by atoms with Gasteiger partial charge in [-0.3, -0.25) is 0 Å². The zero-order chi connectivity index (χ0) is 20.3. The molecular weight excluding hydrogens is 395 g/mol. The van der Waals surface area contributed by atoms with Crippen molar-refractivity contribution >= 4 is 29.2 Å². The predicted molar refractivity (Wildman–Crippen MR) is 113 cm³/mol. The van der Waals surface area contributed by atoms with Crippen LogP contribution < -0.4 is 5.32 Å². The molecule has 0 amide bonds. The second-order valence-electron chi connectivity index (χ2n) is 6.78. The van der Waals surface area contributed by atoms with E-state index < -0.39 is 5.97 Å². The van der Waals surface area contributed by atoms with E-state index in [2.05, 4.69) is 5.32 Å². The molecule has 0 bridgehead atoms. The lowest BCUT2D eigenvalue weighted by atomic mass is 10.1. The van der Waals surface area contributed by atoms with Crippen LogP contribution in [0.4, 0.5) is 0 Å². The molecule has 0 saturated heterocycles. The van der Waals surface area contributed by atoms with Crippen LogP contribution in [0.25, 0.3) is 0 Å². The van der Waals surface area contributed by atoms with Gasteiger partial charge in [0.25, 0.3) is 0 Å². The van der Waals surface area contributed by atoms with E-state index in [1.165, 1.54) is 0 Å². The molecule has 3 rings (SSSR count).